The second kappa shape index (κ2) is 5.64. The zero-order valence-electron chi connectivity index (χ0n) is 13.7. The largest absolute Gasteiger partial charge is 0.309 e. The van der Waals surface area contributed by atoms with Crippen molar-refractivity contribution in [1.29, 1.82) is 0 Å². The van der Waals surface area contributed by atoms with E-state index in [2.05, 4.69) is 95.6 Å². The van der Waals surface area contributed by atoms with Gasteiger partial charge in [-0.1, -0.05) is 66.7 Å². The molecule has 0 unspecified atom stereocenters. The van der Waals surface area contributed by atoms with Gasteiger partial charge in [-0.05, 0) is 47.5 Å². The molecule has 1 heterocycles. The van der Waals surface area contributed by atoms with Crippen LogP contribution in [-0.2, 0) is 0 Å². The predicted octanol–water partition coefficient (Wildman–Crippen LogP) is 6.25. The number of hydrogen-bond donors (Lipinski definition) is 0. The Morgan fingerprint density at radius 1 is 0.600 bits per heavy atom. The molecule has 0 atom stereocenters. The molecule has 5 rings (SSSR count). The average molecular weight is 318 g/mol. The smallest absolute Gasteiger partial charge is 0.0541 e. The Morgan fingerprint density at radius 2 is 1.36 bits per heavy atom. The maximum Gasteiger partial charge on any atom is 0.0541 e. The normalized spacial score (nSPS) is 11.2. The maximum atomic E-state index is 3.33. The Bertz CT molecular complexity index is 1170. The highest BCUT2D eigenvalue weighted by Crippen LogP contribution is 2.34. The molecule has 0 bridgehead atoms. The van der Waals surface area contributed by atoms with Crippen molar-refractivity contribution in [2.24, 2.45) is 0 Å². The summed E-state index contributed by atoms with van der Waals surface area (Å²) in [6.07, 6.45) is 0. The molecule has 1 aromatic heterocycles. The predicted molar refractivity (Wildman–Crippen MR) is 105 cm³/mol. The molecule has 0 saturated heterocycles. The third-order valence-electron chi connectivity index (χ3n) is 4.71. The first-order chi connectivity index (χ1) is 12.4. The van der Waals surface area contributed by atoms with Crippen LogP contribution >= 0.6 is 0 Å². The van der Waals surface area contributed by atoms with Crippen LogP contribution in [0.25, 0.3) is 38.6 Å². The van der Waals surface area contributed by atoms with Crippen LogP contribution in [0.3, 0.4) is 0 Å². The van der Waals surface area contributed by atoms with Crippen LogP contribution < -0.4 is 0 Å². The summed E-state index contributed by atoms with van der Waals surface area (Å²) in [6.45, 7) is 0. The second-order valence-corrected chi connectivity index (χ2v) is 6.20. The first-order valence-electron chi connectivity index (χ1n) is 8.47. The molecule has 4 aromatic carbocycles. The van der Waals surface area contributed by atoms with Gasteiger partial charge < -0.3 is 4.57 Å². The van der Waals surface area contributed by atoms with E-state index in [4.69, 9.17) is 0 Å². The van der Waals surface area contributed by atoms with E-state index in [-0.39, 0.29) is 0 Å². The number of hydrogen-bond acceptors (Lipinski definition) is 0. The molecule has 117 valence electrons. The first-order valence-corrected chi connectivity index (χ1v) is 8.47. The molecule has 0 spiro atoms. The van der Waals surface area contributed by atoms with Crippen LogP contribution in [0.4, 0.5) is 0 Å². The van der Waals surface area contributed by atoms with Gasteiger partial charge in [0.1, 0.15) is 0 Å². The van der Waals surface area contributed by atoms with Gasteiger partial charge in [-0.2, -0.15) is 0 Å². The average Bonchev–Trinajstić information content (AvgIpc) is 3.03. The Morgan fingerprint density at radius 3 is 2.20 bits per heavy atom. The number of benzene rings is 4. The summed E-state index contributed by atoms with van der Waals surface area (Å²) >= 11 is 0. The van der Waals surface area contributed by atoms with Crippen molar-refractivity contribution in [1.82, 2.24) is 4.57 Å². The minimum absolute atomic E-state index is 1.13. The van der Waals surface area contributed by atoms with Crippen molar-refractivity contribution in [3.05, 3.63) is 103 Å². The summed E-state index contributed by atoms with van der Waals surface area (Å²) in [5.41, 5.74) is 5.97. The molecule has 0 N–H and O–H groups in total. The molecular formula is C24H16N. The quantitative estimate of drug-likeness (QED) is 0.362. The first kappa shape index (κ1) is 14.1. The fraction of sp³-hybridized carbons (Fsp3) is 0. The van der Waals surface area contributed by atoms with E-state index >= 15 is 0 Å². The molecule has 0 fully saturated rings. The van der Waals surface area contributed by atoms with Gasteiger partial charge in [-0.15, -0.1) is 0 Å². The van der Waals surface area contributed by atoms with E-state index in [9.17, 15) is 0 Å². The molecular weight excluding hydrogens is 302 g/mol. The van der Waals surface area contributed by atoms with E-state index in [0.29, 0.717) is 0 Å². The van der Waals surface area contributed by atoms with E-state index in [1.54, 1.807) is 0 Å². The zero-order chi connectivity index (χ0) is 16.6. The summed E-state index contributed by atoms with van der Waals surface area (Å²) in [5.74, 6) is 0. The molecule has 5 aromatic rings. The number of para-hydroxylation sites is 2. The summed E-state index contributed by atoms with van der Waals surface area (Å²) < 4.78 is 2.34. The summed E-state index contributed by atoms with van der Waals surface area (Å²) in [7, 11) is 0. The van der Waals surface area contributed by atoms with Gasteiger partial charge in [0, 0.05) is 16.5 Å². The van der Waals surface area contributed by atoms with Crippen molar-refractivity contribution in [2.75, 3.05) is 0 Å². The fourth-order valence-corrected chi connectivity index (χ4v) is 3.57. The molecule has 0 saturated carbocycles. The lowest BCUT2D eigenvalue weighted by Gasteiger charge is -2.08. The number of rotatable bonds is 2. The minimum atomic E-state index is 1.13. The number of nitrogens with zero attached hydrogens (tertiary/aromatic N) is 1. The van der Waals surface area contributed by atoms with E-state index < -0.39 is 0 Å². The van der Waals surface area contributed by atoms with Gasteiger partial charge in [0.05, 0.1) is 11.0 Å². The highest BCUT2D eigenvalue weighted by atomic mass is 15.0. The van der Waals surface area contributed by atoms with Gasteiger partial charge in [-0.25, -0.2) is 0 Å². The van der Waals surface area contributed by atoms with Crippen LogP contribution in [0.15, 0.2) is 97.1 Å². The summed E-state index contributed by atoms with van der Waals surface area (Å²) in [4.78, 5) is 0. The number of aromatic nitrogens is 1. The third-order valence-corrected chi connectivity index (χ3v) is 4.71. The molecule has 0 aliphatic rings. The molecule has 0 aliphatic heterocycles. The molecule has 1 radical (unpaired) electrons. The monoisotopic (exact) mass is 318 g/mol. The van der Waals surface area contributed by atoms with Crippen molar-refractivity contribution >= 4 is 21.8 Å². The van der Waals surface area contributed by atoms with Gasteiger partial charge in [0.15, 0.2) is 0 Å². The van der Waals surface area contributed by atoms with E-state index in [1.807, 2.05) is 12.1 Å². The minimum Gasteiger partial charge on any atom is -0.309 e. The SMILES string of the molecule is [c]1ccccc1-c1ccc2c(c1)c1ccccc1n2-c1ccccc1. The van der Waals surface area contributed by atoms with Gasteiger partial charge in [0.2, 0.25) is 0 Å². The van der Waals surface area contributed by atoms with Crippen molar-refractivity contribution < 1.29 is 0 Å². The highest BCUT2D eigenvalue weighted by molar-refractivity contribution is 6.10. The highest BCUT2D eigenvalue weighted by Gasteiger charge is 2.12. The van der Waals surface area contributed by atoms with Crippen LogP contribution in [0.2, 0.25) is 0 Å². The van der Waals surface area contributed by atoms with E-state index in [0.717, 1.165) is 5.56 Å². The molecule has 0 aliphatic carbocycles. The lowest BCUT2D eigenvalue weighted by Crippen LogP contribution is -1.92. The summed E-state index contributed by atoms with van der Waals surface area (Å²) in [6, 6.07) is 37.3. The fourth-order valence-electron chi connectivity index (χ4n) is 3.57. The third kappa shape index (κ3) is 2.25. The van der Waals surface area contributed by atoms with Crippen LogP contribution in [-0.4, -0.2) is 4.57 Å². The standard InChI is InChI=1S/C24H16N/c1-3-9-18(10-4-1)19-15-16-24-22(17-19)21-13-7-8-14-23(21)25(24)20-11-5-2-6-12-20/h1-9,11-17H. The maximum absolute atomic E-state index is 3.33. The van der Waals surface area contributed by atoms with Crippen LogP contribution in [0.1, 0.15) is 0 Å². The lowest BCUT2D eigenvalue weighted by molar-refractivity contribution is 1.18. The zero-order valence-corrected chi connectivity index (χ0v) is 13.7. The van der Waals surface area contributed by atoms with Crippen molar-refractivity contribution in [3.8, 4) is 16.8 Å². The second-order valence-electron chi connectivity index (χ2n) is 6.20. The van der Waals surface area contributed by atoms with Gasteiger partial charge in [-0.3, -0.25) is 0 Å². The van der Waals surface area contributed by atoms with Crippen molar-refractivity contribution in [2.45, 2.75) is 0 Å². The molecule has 1 nitrogen and oxygen atoms in total. The van der Waals surface area contributed by atoms with Crippen LogP contribution in [0, 0.1) is 6.07 Å². The molecule has 1 heteroatoms. The van der Waals surface area contributed by atoms with Crippen molar-refractivity contribution in [3.63, 3.8) is 0 Å². The Hall–Kier alpha value is -3.32. The molecule has 25 heavy (non-hydrogen) atoms. The Labute approximate surface area is 146 Å². The Balaban J connectivity index is 1.86. The summed E-state index contributed by atoms with van der Waals surface area (Å²) in [5, 5.41) is 2.55. The van der Waals surface area contributed by atoms with Crippen LogP contribution in [0.5, 0.6) is 0 Å². The molecule has 0 amide bonds. The topological polar surface area (TPSA) is 4.93 Å². The lowest BCUT2D eigenvalue weighted by atomic mass is 10.0. The van der Waals surface area contributed by atoms with Gasteiger partial charge >= 0.3 is 0 Å². The Kier molecular flexibility index (Phi) is 3.17. The van der Waals surface area contributed by atoms with E-state index in [1.165, 1.54) is 33.1 Å². The number of fused-ring (bicyclic) bond motifs is 3. The van der Waals surface area contributed by atoms with Gasteiger partial charge in [0.25, 0.3) is 0 Å².